The van der Waals surface area contributed by atoms with Crippen molar-refractivity contribution < 1.29 is 4.74 Å². The van der Waals surface area contributed by atoms with Gasteiger partial charge in [0.25, 0.3) is 0 Å². The van der Waals surface area contributed by atoms with E-state index in [1.54, 1.807) is 6.07 Å². The van der Waals surface area contributed by atoms with Crippen molar-refractivity contribution in [3.05, 3.63) is 11.9 Å². The molecule has 1 unspecified atom stereocenters. The molecule has 0 radical (unpaired) electrons. The molecule has 0 aliphatic carbocycles. The maximum absolute atomic E-state index is 5.80. The van der Waals surface area contributed by atoms with Gasteiger partial charge in [-0.2, -0.15) is 0 Å². The minimum absolute atomic E-state index is 0.390. The SMILES string of the molecule is CCCCCCC(C)Nc1cc(N)nc(COCC)n1. The molecular formula is C15H28N4O. The van der Waals surface area contributed by atoms with Crippen molar-refractivity contribution in [2.24, 2.45) is 0 Å². The highest BCUT2D eigenvalue weighted by atomic mass is 16.5. The summed E-state index contributed by atoms with van der Waals surface area (Å²) in [6.07, 6.45) is 6.26. The maximum atomic E-state index is 5.80. The van der Waals surface area contributed by atoms with Crippen molar-refractivity contribution in [2.45, 2.75) is 65.5 Å². The fourth-order valence-corrected chi connectivity index (χ4v) is 2.05. The fraction of sp³-hybridized carbons (Fsp3) is 0.733. The number of unbranched alkanes of at least 4 members (excludes halogenated alkanes) is 3. The van der Waals surface area contributed by atoms with E-state index in [-0.39, 0.29) is 0 Å². The van der Waals surface area contributed by atoms with Crippen molar-refractivity contribution in [1.82, 2.24) is 9.97 Å². The van der Waals surface area contributed by atoms with Crippen molar-refractivity contribution in [3.63, 3.8) is 0 Å². The Bertz CT molecular complexity index is 384. The van der Waals surface area contributed by atoms with Gasteiger partial charge in [0.2, 0.25) is 0 Å². The lowest BCUT2D eigenvalue weighted by Crippen LogP contribution is -2.17. The van der Waals surface area contributed by atoms with Gasteiger partial charge in [-0.3, -0.25) is 0 Å². The summed E-state index contributed by atoms with van der Waals surface area (Å²) in [7, 11) is 0. The van der Waals surface area contributed by atoms with E-state index in [2.05, 4.69) is 29.1 Å². The van der Waals surface area contributed by atoms with Crippen LogP contribution in [0.3, 0.4) is 0 Å². The Morgan fingerprint density at radius 1 is 1.25 bits per heavy atom. The van der Waals surface area contributed by atoms with E-state index in [0.29, 0.717) is 30.9 Å². The van der Waals surface area contributed by atoms with Crippen LogP contribution < -0.4 is 11.1 Å². The highest BCUT2D eigenvalue weighted by molar-refractivity contribution is 5.45. The van der Waals surface area contributed by atoms with Gasteiger partial charge in [0.05, 0.1) is 0 Å². The third-order valence-electron chi connectivity index (χ3n) is 3.11. The van der Waals surface area contributed by atoms with Gasteiger partial charge in [-0.15, -0.1) is 0 Å². The number of aromatic nitrogens is 2. The minimum atomic E-state index is 0.390. The van der Waals surface area contributed by atoms with E-state index in [0.717, 1.165) is 12.2 Å². The molecule has 1 atom stereocenters. The lowest BCUT2D eigenvalue weighted by Gasteiger charge is -2.15. The first-order valence-electron chi connectivity index (χ1n) is 7.63. The second-order valence-corrected chi connectivity index (χ2v) is 5.13. The Morgan fingerprint density at radius 2 is 2.05 bits per heavy atom. The van der Waals surface area contributed by atoms with Gasteiger partial charge in [-0.25, -0.2) is 9.97 Å². The monoisotopic (exact) mass is 280 g/mol. The van der Waals surface area contributed by atoms with E-state index in [9.17, 15) is 0 Å². The molecule has 0 saturated carbocycles. The number of hydrogen-bond acceptors (Lipinski definition) is 5. The fourth-order valence-electron chi connectivity index (χ4n) is 2.05. The Balaban J connectivity index is 2.47. The summed E-state index contributed by atoms with van der Waals surface area (Å²) >= 11 is 0. The summed E-state index contributed by atoms with van der Waals surface area (Å²) in [4.78, 5) is 8.60. The van der Waals surface area contributed by atoms with E-state index >= 15 is 0 Å². The molecule has 114 valence electrons. The molecule has 1 rings (SSSR count). The van der Waals surface area contributed by atoms with Crippen molar-refractivity contribution in [1.29, 1.82) is 0 Å². The van der Waals surface area contributed by atoms with Crippen molar-refractivity contribution >= 4 is 11.6 Å². The molecule has 5 nitrogen and oxygen atoms in total. The van der Waals surface area contributed by atoms with Gasteiger partial charge < -0.3 is 15.8 Å². The molecule has 20 heavy (non-hydrogen) atoms. The van der Waals surface area contributed by atoms with Crippen LogP contribution in [0.4, 0.5) is 11.6 Å². The third kappa shape index (κ3) is 6.70. The summed E-state index contributed by atoms with van der Waals surface area (Å²) in [5.74, 6) is 1.90. The largest absolute Gasteiger partial charge is 0.384 e. The zero-order chi connectivity index (χ0) is 14.8. The second-order valence-electron chi connectivity index (χ2n) is 5.13. The smallest absolute Gasteiger partial charge is 0.158 e. The Morgan fingerprint density at radius 3 is 2.75 bits per heavy atom. The molecule has 0 amide bonds. The summed E-state index contributed by atoms with van der Waals surface area (Å²) in [5.41, 5.74) is 5.80. The minimum Gasteiger partial charge on any atom is -0.384 e. The number of anilines is 2. The molecule has 0 spiro atoms. The number of nitrogens with one attached hydrogen (secondary N) is 1. The second kappa shape index (κ2) is 9.53. The molecule has 0 aliphatic rings. The van der Waals surface area contributed by atoms with Crippen molar-refractivity contribution in [3.8, 4) is 0 Å². The van der Waals surface area contributed by atoms with E-state index < -0.39 is 0 Å². The van der Waals surface area contributed by atoms with Gasteiger partial charge in [-0.05, 0) is 20.3 Å². The van der Waals surface area contributed by atoms with Crippen LogP contribution in [0.5, 0.6) is 0 Å². The van der Waals surface area contributed by atoms with Gasteiger partial charge in [0.1, 0.15) is 18.2 Å². The number of nitrogens with zero attached hydrogens (tertiary/aromatic N) is 2. The quantitative estimate of drug-likeness (QED) is 0.643. The van der Waals surface area contributed by atoms with Crippen LogP contribution in [-0.2, 0) is 11.3 Å². The molecule has 1 aromatic heterocycles. The van der Waals surface area contributed by atoms with Crippen LogP contribution in [0.25, 0.3) is 0 Å². The summed E-state index contributed by atoms with van der Waals surface area (Å²) < 4.78 is 5.32. The molecule has 1 aromatic rings. The Hall–Kier alpha value is -1.36. The number of nitrogen functional groups attached to an aromatic ring is 1. The average molecular weight is 280 g/mol. The van der Waals surface area contributed by atoms with E-state index in [1.165, 1.54) is 25.7 Å². The zero-order valence-electron chi connectivity index (χ0n) is 13.0. The molecule has 0 saturated heterocycles. The van der Waals surface area contributed by atoms with Gasteiger partial charge in [-0.1, -0.05) is 32.6 Å². The van der Waals surface area contributed by atoms with Gasteiger partial charge in [0.15, 0.2) is 5.82 Å². The molecular weight excluding hydrogens is 252 g/mol. The number of ether oxygens (including phenoxy) is 1. The summed E-state index contributed by atoms with van der Waals surface area (Å²) in [5, 5.41) is 3.39. The topological polar surface area (TPSA) is 73.1 Å². The molecule has 5 heteroatoms. The molecule has 3 N–H and O–H groups in total. The normalized spacial score (nSPS) is 12.3. The molecule has 1 heterocycles. The van der Waals surface area contributed by atoms with Gasteiger partial charge in [0, 0.05) is 18.7 Å². The van der Waals surface area contributed by atoms with E-state index in [4.69, 9.17) is 10.5 Å². The summed E-state index contributed by atoms with van der Waals surface area (Å²) in [6.45, 7) is 7.40. The van der Waals surface area contributed by atoms with Crippen LogP contribution in [0.1, 0.15) is 58.7 Å². The molecule has 0 fully saturated rings. The van der Waals surface area contributed by atoms with E-state index in [1.807, 2.05) is 6.92 Å². The van der Waals surface area contributed by atoms with Gasteiger partial charge >= 0.3 is 0 Å². The third-order valence-corrected chi connectivity index (χ3v) is 3.11. The van der Waals surface area contributed by atoms with Crippen LogP contribution in [0.2, 0.25) is 0 Å². The average Bonchev–Trinajstić information content (AvgIpc) is 2.41. The first-order valence-corrected chi connectivity index (χ1v) is 7.63. The van der Waals surface area contributed by atoms with Crippen LogP contribution in [-0.4, -0.2) is 22.6 Å². The molecule has 0 aromatic carbocycles. The maximum Gasteiger partial charge on any atom is 0.158 e. The summed E-state index contributed by atoms with van der Waals surface area (Å²) in [6, 6.07) is 2.17. The molecule has 0 bridgehead atoms. The Labute approximate surface area is 122 Å². The predicted molar refractivity (Wildman–Crippen MR) is 83.6 cm³/mol. The number of rotatable bonds is 10. The van der Waals surface area contributed by atoms with Crippen molar-refractivity contribution in [2.75, 3.05) is 17.7 Å². The number of nitrogens with two attached hydrogens (primary N) is 1. The predicted octanol–water partition coefficient (Wildman–Crippen LogP) is 3.37. The number of hydrogen-bond donors (Lipinski definition) is 2. The first kappa shape index (κ1) is 16.7. The molecule has 0 aliphatic heterocycles. The zero-order valence-corrected chi connectivity index (χ0v) is 13.0. The lowest BCUT2D eigenvalue weighted by molar-refractivity contribution is 0.128. The van der Waals surface area contributed by atoms with Crippen LogP contribution in [0, 0.1) is 0 Å². The van der Waals surface area contributed by atoms with Crippen LogP contribution >= 0.6 is 0 Å². The highest BCUT2D eigenvalue weighted by Crippen LogP contribution is 2.13. The first-order chi connectivity index (χ1) is 9.65. The Kier molecular flexibility index (Phi) is 7.95. The highest BCUT2D eigenvalue weighted by Gasteiger charge is 2.06. The van der Waals surface area contributed by atoms with Crippen LogP contribution in [0.15, 0.2) is 6.07 Å². The standard InChI is InChI=1S/C15H28N4O/c1-4-6-7-8-9-12(3)17-14-10-13(16)18-15(19-14)11-20-5-2/h10,12H,4-9,11H2,1-3H3,(H3,16,17,18,19). The lowest BCUT2D eigenvalue weighted by atomic mass is 10.1.